The normalized spacial score (nSPS) is 10.1. The molecule has 0 heterocycles. The van der Waals surface area contributed by atoms with Gasteiger partial charge in [0.15, 0.2) is 11.5 Å². The van der Waals surface area contributed by atoms with Crippen LogP contribution in [0.2, 0.25) is 0 Å². The summed E-state index contributed by atoms with van der Waals surface area (Å²) in [4.78, 5) is 14.1. The SMILES string of the molecule is CNCCCN(C)C(=O)c1cc(OC)c(OC)c(OC)c1. The Morgan fingerprint density at radius 3 is 2.14 bits per heavy atom. The molecule has 0 bridgehead atoms. The zero-order valence-electron chi connectivity index (χ0n) is 13.4. The molecule has 0 saturated heterocycles. The van der Waals surface area contributed by atoms with Crippen LogP contribution in [0.25, 0.3) is 0 Å². The van der Waals surface area contributed by atoms with E-state index in [1.54, 1.807) is 24.1 Å². The van der Waals surface area contributed by atoms with Crippen molar-refractivity contribution in [3.05, 3.63) is 17.7 Å². The van der Waals surface area contributed by atoms with Crippen molar-refractivity contribution in [2.24, 2.45) is 0 Å². The molecule has 0 saturated carbocycles. The number of hydrogen-bond donors (Lipinski definition) is 1. The van der Waals surface area contributed by atoms with Crippen LogP contribution >= 0.6 is 0 Å². The minimum Gasteiger partial charge on any atom is -0.493 e. The molecule has 1 aromatic rings. The number of methoxy groups -OCH3 is 3. The monoisotopic (exact) mass is 296 g/mol. The minimum atomic E-state index is -0.0784. The van der Waals surface area contributed by atoms with Crippen molar-refractivity contribution in [1.82, 2.24) is 10.2 Å². The second-order valence-electron chi connectivity index (χ2n) is 4.60. The second-order valence-corrected chi connectivity index (χ2v) is 4.60. The maximum absolute atomic E-state index is 12.4. The van der Waals surface area contributed by atoms with Crippen LogP contribution in [0.15, 0.2) is 12.1 Å². The van der Waals surface area contributed by atoms with Crippen LogP contribution in [0.4, 0.5) is 0 Å². The molecule has 21 heavy (non-hydrogen) atoms. The van der Waals surface area contributed by atoms with Crippen LogP contribution in [-0.4, -0.2) is 59.3 Å². The van der Waals surface area contributed by atoms with E-state index in [2.05, 4.69) is 5.32 Å². The Hall–Kier alpha value is -1.95. The summed E-state index contributed by atoms with van der Waals surface area (Å²) < 4.78 is 15.8. The van der Waals surface area contributed by atoms with Gasteiger partial charge in [-0.2, -0.15) is 0 Å². The van der Waals surface area contributed by atoms with Crippen LogP contribution in [0.1, 0.15) is 16.8 Å². The molecule has 0 radical (unpaired) electrons. The fourth-order valence-corrected chi connectivity index (χ4v) is 2.02. The number of benzene rings is 1. The summed E-state index contributed by atoms with van der Waals surface area (Å²) in [7, 11) is 8.26. The molecule has 6 nitrogen and oxygen atoms in total. The lowest BCUT2D eigenvalue weighted by Crippen LogP contribution is -2.29. The van der Waals surface area contributed by atoms with Crippen molar-refractivity contribution in [2.45, 2.75) is 6.42 Å². The van der Waals surface area contributed by atoms with E-state index in [0.717, 1.165) is 13.0 Å². The van der Waals surface area contributed by atoms with E-state index in [1.807, 2.05) is 7.05 Å². The number of nitrogens with zero attached hydrogens (tertiary/aromatic N) is 1. The fraction of sp³-hybridized carbons (Fsp3) is 0.533. The number of hydrogen-bond acceptors (Lipinski definition) is 5. The van der Waals surface area contributed by atoms with Crippen molar-refractivity contribution < 1.29 is 19.0 Å². The third-order valence-corrected chi connectivity index (χ3v) is 3.18. The Morgan fingerprint density at radius 1 is 1.14 bits per heavy atom. The quantitative estimate of drug-likeness (QED) is 0.735. The topological polar surface area (TPSA) is 60.0 Å². The van der Waals surface area contributed by atoms with Gasteiger partial charge >= 0.3 is 0 Å². The number of nitrogens with one attached hydrogen (secondary N) is 1. The number of amides is 1. The standard InChI is InChI=1S/C15H24N2O4/c1-16-7-6-8-17(2)15(18)11-9-12(19-3)14(21-5)13(10-11)20-4/h9-10,16H,6-8H2,1-5H3. The molecule has 6 heteroatoms. The molecular formula is C15H24N2O4. The van der Waals surface area contributed by atoms with Gasteiger partial charge < -0.3 is 24.4 Å². The highest BCUT2D eigenvalue weighted by molar-refractivity contribution is 5.95. The first-order valence-corrected chi connectivity index (χ1v) is 6.79. The molecule has 1 aromatic carbocycles. The molecular weight excluding hydrogens is 272 g/mol. The lowest BCUT2D eigenvalue weighted by atomic mass is 10.1. The Labute approximate surface area is 126 Å². The maximum atomic E-state index is 12.4. The van der Waals surface area contributed by atoms with Gasteiger partial charge in [-0.15, -0.1) is 0 Å². The molecule has 0 atom stereocenters. The Kier molecular flexibility index (Phi) is 6.81. The third kappa shape index (κ3) is 4.26. The number of carbonyl (C=O) groups is 1. The third-order valence-electron chi connectivity index (χ3n) is 3.18. The number of ether oxygens (including phenoxy) is 3. The van der Waals surface area contributed by atoms with Crippen LogP contribution in [0.5, 0.6) is 17.2 Å². The van der Waals surface area contributed by atoms with Crippen molar-refractivity contribution >= 4 is 5.91 Å². The average Bonchev–Trinajstić information content (AvgIpc) is 2.52. The van der Waals surface area contributed by atoms with E-state index in [1.165, 1.54) is 21.3 Å². The Morgan fingerprint density at radius 2 is 1.71 bits per heavy atom. The summed E-state index contributed by atoms with van der Waals surface area (Å²) in [6.07, 6.45) is 0.892. The van der Waals surface area contributed by atoms with Gasteiger partial charge in [-0.1, -0.05) is 0 Å². The first kappa shape index (κ1) is 17.1. The van der Waals surface area contributed by atoms with Gasteiger partial charge in [-0.25, -0.2) is 0 Å². The largest absolute Gasteiger partial charge is 0.493 e. The van der Waals surface area contributed by atoms with E-state index in [4.69, 9.17) is 14.2 Å². The van der Waals surface area contributed by atoms with Gasteiger partial charge in [0, 0.05) is 19.2 Å². The predicted octanol–water partition coefficient (Wildman–Crippen LogP) is 1.39. The van der Waals surface area contributed by atoms with Crippen LogP contribution in [0.3, 0.4) is 0 Å². The molecule has 1 amide bonds. The highest BCUT2D eigenvalue weighted by Crippen LogP contribution is 2.38. The van der Waals surface area contributed by atoms with Crippen molar-refractivity contribution in [2.75, 3.05) is 48.5 Å². The zero-order chi connectivity index (χ0) is 15.8. The highest BCUT2D eigenvalue weighted by Gasteiger charge is 2.19. The molecule has 0 unspecified atom stereocenters. The van der Waals surface area contributed by atoms with Gasteiger partial charge in [-0.05, 0) is 32.1 Å². The van der Waals surface area contributed by atoms with E-state index in [-0.39, 0.29) is 5.91 Å². The first-order chi connectivity index (χ1) is 10.1. The summed E-state index contributed by atoms with van der Waals surface area (Å²) in [5, 5.41) is 3.06. The van der Waals surface area contributed by atoms with E-state index in [9.17, 15) is 4.79 Å². The van der Waals surface area contributed by atoms with E-state index in [0.29, 0.717) is 29.4 Å². The minimum absolute atomic E-state index is 0.0784. The fourth-order valence-electron chi connectivity index (χ4n) is 2.02. The lowest BCUT2D eigenvalue weighted by molar-refractivity contribution is 0.0793. The smallest absolute Gasteiger partial charge is 0.253 e. The highest BCUT2D eigenvalue weighted by atomic mass is 16.5. The molecule has 0 aromatic heterocycles. The van der Waals surface area contributed by atoms with Gasteiger partial charge in [0.1, 0.15) is 0 Å². The molecule has 0 aliphatic heterocycles. The molecule has 118 valence electrons. The molecule has 0 aliphatic carbocycles. The van der Waals surface area contributed by atoms with Crippen LogP contribution in [0, 0.1) is 0 Å². The van der Waals surface area contributed by atoms with Crippen molar-refractivity contribution in [3.63, 3.8) is 0 Å². The van der Waals surface area contributed by atoms with Gasteiger partial charge in [-0.3, -0.25) is 4.79 Å². The van der Waals surface area contributed by atoms with Gasteiger partial charge in [0.2, 0.25) is 5.75 Å². The number of carbonyl (C=O) groups excluding carboxylic acids is 1. The maximum Gasteiger partial charge on any atom is 0.253 e. The summed E-state index contributed by atoms with van der Waals surface area (Å²) in [5.41, 5.74) is 0.511. The van der Waals surface area contributed by atoms with Crippen molar-refractivity contribution in [1.29, 1.82) is 0 Å². The van der Waals surface area contributed by atoms with E-state index < -0.39 is 0 Å². The predicted molar refractivity (Wildman–Crippen MR) is 81.6 cm³/mol. The van der Waals surface area contributed by atoms with E-state index >= 15 is 0 Å². The zero-order valence-corrected chi connectivity index (χ0v) is 13.4. The summed E-state index contributed by atoms with van der Waals surface area (Å²) in [5.74, 6) is 1.35. The first-order valence-electron chi connectivity index (χ1n) is 6.79. The Bertz CT molecular complexity index is 452. The Balaban J connectivity index is 2.99. The molecule has 1 rings (SSSR count). The second kappa shape index (κ2) is 8.36. The van der Waals surface area contributed by atoms with Gasteiger partial charge in [0.05, 0.1) is 21.3 Å². The number of rotatable bonds is 8. The van der Waals surface area contributed by atoms with Gasteiger partial charge in [0.25, 0.3) is 5.91 Å². The molecule has 1 N–H and O–H groups in total. The molecule has 0 aliphatic rings. The van der Waals surface area contributed by atoms with Crippen LogP contribution in [-0.2, 0) is 0 Å². The summed E-state index contributed by atoms with van der Waals surface area (Å²) in [6, 6.07) is 3.33. The summed E-state index contributed by atoms with van der Waals surface area (Å²) >= 11 is 0. The summed E-state index contributed by atoms with van der Waals surface area (Å²) in [6.45, 7) is 1.54. The lowest BCUT2D eigenvalue weighted by Gasteiger charge is -2.19. The average molecular weight is 296 g/mol. The van der Waals surface area contributed by atoms with Crippen LogP contribution < -0.4 is 19.5 Å². The molecule has 0 spiro atoms. The molecule has 0 fully saturated rings. The van der Waals surface area contributed by atoms with Crippen molar-refractivity contribution in [3.8, 4) is 17.2 Å².